The van der Waals surface area contributed by atoms with Crippen LogP contribution in [0.2, 0.25) is 0 Å². The summed E-state index contributed by atoms with van der Waals surface area (Å²) in [6.45, 7) is 0.355. The Morgan fingerprint density at radius 1 is 1.14 bits per heavy atom. The summed E-state index contributed by atoms with van der Waals surface area (Å²) in [4.78, 5) is 15.8. The molecule has 1 aromatic carbocycles. The van der Waals surface area contributed by atoms with Crippen LogP contribution in [-0.2, 0) is 13.0 Å². The van der Waals surface area contributed by atoms with Crippen molar-refractivity contribution < 1.29 is 4.39 Å². The van der Waals surface area contributed by atoms with Crippen LogP contribution in [-0.4, -0.2) is 19.7 Å². The molecule has 0 atom stereocenters. The molecule has 0 radical (unpaired) electrons. The third kappa shape index (κ3) is 2.74. The van der Waals surface area contributed by atoms with Gasteiger partial charge < -0.3 is 0 Å². The number of aromatic amines is 1. The van der Waals surface area contributed by atoms with E-state index in [1.807, 2.05) is 0 Å². The van der Waals surface area contributed by atoms with Crippen molar-refractivity contribution >= 4 is 0 Å². The zero-order valence-corrected chi connectivity index (χ0v) is 11.2. The second-order valence-corrected chi connectivity index (χ2v) is 4.58. The molecular weight excluding hydrogens is 271 g/mol. The van der Waals surface area contributed by atoms with Crippen molar-refractivity contribution in [1.29, 1.82) is 0 Å². The Bertz CT molecular complexity index is 795. The summed E-state index contributed by atoms with van der Waals surface area (Å²) >= 11 is 0. The van der Waals surface area contributed by atoms with Crippen molar-refractivity contribution in [3.8, 4) is 11.4 Å². The van der Waals surface area contributed by atoms with Gasteiger partial charge in [0.15, 0.2) is 5.82 Å². The summed E-state index contributed by atoms with van der Waals surface area (Å²) in [5.74, 6) is 0.262. The smallest absolute Gasteiger partial charge is 0.275 e. The fourth-order valence-corrected chi connectivity index (χ4v) is 2.18. The molecule has 0 spiro atoms. The van der Waals surface area contributed by atoms with E-state index in [9.17, 15) is 9.18 Å². The second-order valence-electron chi connectivity index (χ2n) is 4.58. The Morgan fingerprint density at radius 2 is 1.90 bits per heavy atom. The summed E-state index contributed by atoms with van der Waals surface area (Å²) in [7, 11) is 0. The number of nitrogens with zero attached hydrogens (tertiary/aromatic N) is 3. The van der Waals surface area contributed by atoms with Gasteiger partial charge in [-0.15, -0.1) is 0 Å². The van der Waals surface area contributed by atoms with Crippen molar-refractivity contribution in [3.63, 3.8) is 0 Å². The molecule has 0 aliphatic rings. The number of aryl methyl sites for hydroxylation is 1. The van der Waals surface area contributed by atoms with Gasteiger partial charge in [-0.25, -0.2) is 14.3 Å². The summed E-state index contributed by atoms with van der Waals surface area (Å²) in [5, 5.41) is 6.45. The zero-order chi connectivity index (χ0) is 14.7. The second kappa shape index (κ2) is 5.70. The number of nitrogens with one attached hydrogen (secondary N) is 1. The van der Waals surface area contributed by atoms with E-state index in [-0.39, 0.29) is 11.5 Å². The van der Waals surface area contributed by atoms with E-state index in [0.29, 0.717) is 24.4 Å². The maximum Gasteiger partial charge on any atom is 0.343 e. The van der Waals surface area contributed by atoms with Crippen molar-refractivity contribution in [3.05, 3.63) is 70.7 Å². The fraction of sp³-hybridized carbons (Fsp3) is 0.133. The SMILES string of the molecule is O=c1[nH]nc(-c2ccncc2)n1CCc1ccccc1F. The van der Waals surface area contributed by atoms with E-state index < -0.39 is 0 Å². The maximum atomic E-state index is 13.6. The van der Waals surface area contributed by atoms with E-state index in [1.165, 1.54) is 10.6 Å². The minimum absolute atomic E-state index is 0.264. The topological polar surface area (TPSA) is 63.6 Å². The first-order chi connectivity index (χ1) is 10.3. The van der Waals surface area contributed by atoms with E-state index in [2.05, 4.69) is 15.2 Å². The first-order valence-electron chi connectivity index (χ1n) is 6.55. The molecule has 0 unspecified atom stereocenters. The average Bonchev–Trinajstić information content (AvgIpc) is 2.88. The summed E-state index contributed by atoms with van der Waals surface area (Å²) in [5.41, 5.74) is 1.06. The normalized spacial score (nSPS) is 10.7. The highest BCUT2D eigenvalue weighted by molar-refractivity contribution is 5.53. The lowest BCUT2D eigenvalue weighted by Gasteiger charge is -2.06. The zero-order valence-electron chi connectivity index (χ0n) is 11.2. The molecule has 1 N–H and O–H groups in total. The van der Waals surface area contributed by atoms with Gasteiger partial charge in [0.05, 0.1) is 0 Å². The first kappa shape index (κ1) is 13.2. The molecule has 0 aliphatic carbocycles. The quantitative estimate of drug-likeness (QED) is 0.797. The third-order valence-corrected chi connectivity index (χ3v) is 3.26. The predicted molar refractivity (Wildman–Crippen MR) is 76.2 cm³/mol. The Morgan fingerprint density at radius 3 is 2.67 bits per heavy atom. The molecule has 0 saturated heterocycles. The van der Waals surface area contributed by atoms with Crippen LogP contribution in [0.5, 0.6) is 0 Å². The Balaban J connectivity index is 1.88. The molecule has 106 valence electrons. The number of H-pyrrole nitrogens is 1. The van der Waals surface area contributed by atoms with Crippen molar-refractivity contribution in [2.45, 2.75) is 13.0 Å². The lowest BCUT2D eigenvalue weighted by atomic mass is 10.1. The predicted octanol–water partition coefficient (Wildman–Crippen LogP) is 2.02. The molecule has 3 rings (SSSR count). The molecule has 0 aliphatic heterocycles. The highest BCUT2D eigenvalue weighted by atomic mass is 19.1. The molecule has 0 fully saturated rings. The number of halogens is 1. The Hall–Kier alpha value is -2.76. The van der Waals surface area contributed by atoms with Crippen LogP contribution in [0.3, 0.4) is 0 Å². The molecule has 6 heteroatoms. The van der Waals surface area contributed by atoms with Gasteiger partial charge in [0.2, 0.25) is 0 Å². The number of rotatable bonds is 4. The minimum Gasteiger partial charge on any atom is -0.275 e. The van der Waals surface area contributed by atoms with E-state index >= 15 is 0 Å². The number of pyridine rings is 1. The molecule has 2 aromatic heterocycles. The van der Waals surface area contributed by atoms with Gasteiger partial charge in [-0.3, -0.25) is 9.55 Å². The lowest BCUT2D eigenvalue weighted by Crippen LogP contribution is -2.19. The molecule has 0 amide bonds. The largest absolute Gasteiger partial charge is 0.343 e. The van der Waals surface area contributed by atoms with Gasteiger partial charge in [0, 0.05) is 24.5 Å². The molecule has 3 aromatic rings. The molecule has 0 bridgehead atoms. The molecule has 21 heavy (non-hydrogen) atoms. The van der Waals surface area contributed by atoms with Crippen molar-refractivity contribution in [2.75, 3.05) is 0 Å². The van der Waals surface area contributed by atoms with Gasteiger partial charge in [0.25, 0.3) is 0 Å². The highest BCUT2D eigenvalue weighted by Gasteiger charge is 2.11. The summed E-state index contributed by atoms with van der Waals surface area (Å²) in [6, 6.07) is 10.1. The van der Waals surface area contributed by atoms with Gasteiger partial charge >= 0.3 is 5.69 Å². The summed E-state index contributed by atoms with van der Waals surface area (Å²) < 4.78 is 15.1. The van der Waals surface area contributed by atoms with Crippen LogP contribution in [0.25, 0.3) is 11.4 Å². The number of hydrogen-bond acceptors (Lipinski definition) is 3. The van der Waals surface area contributed by atoms with Crippen LogP contribution in [0, 0.1) is 5.82 Å². The number of aromatic nitrogens is 4. The third-order valence-electron chi connectivity index (χ3n) is 3.26. The van der Waals surface area contributed by atoms with Gasteiger partial charge in [0.1, 0.15) is 5.82 Å². The Kier molecular flexibility index (Phi) is 3.59. The van der Waals surface area contributed by atoms with Crippen molar-refractivity contribution in [1.82, 2.24) is 19.7 Å². The monoisotopic (exact) mass is 284 g/mol. The number of benzene rings is 1. The van der Waals surface area contributed by atoms with Crippen LogP contribution >= 0.6 is 0 Å². The highest BCUT2D eigenvalue weighted by Crippen LogP contribution is 2.14. The number of hydrogen-bond donors (Lipinski definition) is 1. The fourth-order valence-electron chi connectivity index (χ4n) is 2.18. The van der Waals surface area contributed by atoms with Crippen LogP contribution in [0.1, 0.15) is 5.56 Å². The van der Waals surface area contributed by atoms with Gasteiger partial charge in [-0.2, -0.15) is 5.10 Å². The Labute approximate surface area is 120 Å². The first-order valence-corrected chi connectivity index (χ1v) is 6.55. The molecular formula is C15H13FN4O. The van der Waals surface area contributed by atoms with Crippen molar-refractivity contribution in [2.24, 2.45) is 0 Å². The van der Waals surface area contributed by atoms with E-state index in [4.69, 9.17) is 0 Å². The van der Waals surface area contributed by atoms with Gasteiger partial charge in [-0.05, 0) is 30.2 Å². The molecule has 0 saturated carbocycles. The standard InChI is InChI=1S/C15H13FN4O/c16-13-4-2-1-3-11(13)7-10-20-14(18-19-15(20)21)12-5-8-17-9-6-12/h1-6,8-9H,7,10H2,(H,19,21). The minimum atomic E-state index is -0.307. The summed E-state index contributed by atoms with van der Waals surface area (Å²) in [6.07, 6.45) is 3.69. The van der Waals surface area contributed by atoms with Gasteiger partial charge in [-0.1, -0.05) is 18.2 Å². The maximum absolute atomic E-state index is 13.6. The molecule has 2 heterocycles. The van der Waals surface area contributed by atoms with Crippen LogP contribution < -0.4 is 5.69 Å². The average molecular weight is 284 g/mol. The van der Waals surface area contributed by atoms with E-state index in [0.717, 1.165) is 5.56 Å². The molecule has 5 nitrogen and oxygen atoms in total. The van der Waals surface area contributed by atoms with Crippen LogP contribution in [0.4, 0.5) is 4.39 Å². The van der Waals surface area contributed by atoms with Crippen LogP contribution in [0.15, 0.2) is 53.6 Å². The lowest BCUT2D eigenvalue weighted by molar-refractivity contribution is 0.590. The van der Waals surface area contributed by atoms with E-state index in [1.54, 1.807) is 42.7 Å².